The van der Waals surface area contributed by atoms with Gasteiger partial charge in [0.05, 0.1) is 5.69 Å². The van der Waals surface area contributed by atoms with Gasteiger partial charge in [-0.1, -0.05) is 19.3 Å². The van der Waals surface area contributed by atoms with Crippen LogP contribution in [0.25, 0.3) is 0 Å². The van der Waals surface area contributed by atoms with Gasteiger partial charge in [-0.05, 0) is 31.6 Å². The molecule has 1 aliphatic heterocycles. The van der Waals surface area contributed by atoms with Gasteiger partial charge in [-0.2, -0.15) is 5.10 Å². The molecule has 5 heteroatoms. The zero-order valence-electron chi connectivity index (χ0n) is 12.2. The summed E-state index contributed by atoms with van der Waals surface area (Å²) >= 11 is 0. The molecule has 20 heavy (non-hydrogen) atoms. The normalized spacial score (nSPS) is 24.2. The lowest BCUT2D eigenvalue weighted by atomic mass is 9.83. The third-order valence-corrected chi connectivity index (χ3v) is 4.81. The molecule has 1 aromatic heterocycles. The largest absolute Gasteiger partial charge is 0.396 e. The molecule has 2 aliphatic rings. The molecule has 1 atom stereocenters. The van der Waals surface area contributed by atoms with E-state index in [2.05, 4.69) is 5.10 Å². The van der Waals surface area contributed by atoms with E-state index in [0.29, 0.717) is 23.3 Å². The first kappa shape index (κ1) is 13.5. The number of nitrogens with zero attached hydrogens (tertiary/aromatic N) is 3. The molecule has 1 unspecified atom stereocenters. The number of hydrogen-bond donors (Lipinski definition) is 1. The summed E-state index contributed by atoms with van der Waals surface area (Å²) in [5.74, 6) is 0.705. The lowest BCUT2D eigenvalue weighted by Crippen LogP contribution is -2.41. The third kappa shape index (κ3) is 2.41. The van der Waals surface area contributed by atoms with Crippen molar-refractivity contribution in [3.8, 4) is 0 Å². The fourth-order valence-electron chi connectivity index (χ4n) is 3.86. The van der Waals surface area contributed by atoms with Gasteiger partial charge in [0.15, 0.2) is 5.69 Å². The maximum atomic E-state index is 12.7. The Kier molecular flexibility index (Phi) is 3.68. The minimum absolute atomic E-state index is 0.0242. The number of amides is 1. The van der Waals surface area contributed by atoms with E-state index in [0.717, 1.165) is 19.4 Å². The van der Waals surface area contributed by atoms with Crippen LogP contribution in [0.2, 0.25) is 0 Å². The minimum atomic E-state index is 0.0242. The van der Waals surface area contributed by atoms with Crippen LogP contribution in [0.1, 0.15) is 55.4 Å². The third-order valence-electron chi connectivity index (χ3n) is 4.81. The molecule has 0 aromatic carbocycles. The molecular formula is C15H24N4O. The SMILES string of the molecule is Cn1cc(N)c(C(=O)N2CCCC2C2CCCCC2)n1. The van der Waals surface area contributed by atoms with Gasteiger partial charge in [-0.25, -0.2) is 0 Å². The van der Waals surface area contributed by atoms with Gasteiger partial charge in [0.25, 0.3) is 5.91 Å². The highest BCUT2D eigenvalue weighted by atomic mass is 16.2. The Morgan fingerprint density at radius 1 is 1.25 bits per heavy atom. The number of rotatable bonds is 2. The Hall–Kier alpha value is -1.52. The highest BCUT2D eigenvalue weighted by molar-refractivity contribution is 5.97. The van der Waals surface area contributed by atoms with Gasteiger partial charge in [0, 0.05) is 25.8 Å². The van der Waals surface area contributed by atoms with Crippen LogP contribution in [-0.2, 0) is 7.05 Å². The molecule has 2 fully saturated rings. The summed E-state index contributed by atoms with van der Waals surface area (Å²) in [6, 6.07) is 0.407. The first-order chi connectivity index (χ1) is 9.66. The van der Waals surface area contributed by atoms with Crippen LogP contribution in [0.3, 0.4) is 0 Å². The second kappa shape index (κ2) is 5.46. The van der Waals surface area contributed by atoms with Crippen molar-refractivity contribution in [2.75, 3.05) is 12.3 Å². The average molecular weight is 276 g/mol. The van der Waals surface area contributed by atoms with Crippen molar-refractivity contribution in [1.82, 2.24) is 14.7 Å². The fourth-order valence-corrected chi connectivity index (χ4v) is 3.86. The number of nitrogens with two attached hydrogens (primary N) is 1. The van der Waals surface area contributed by atoms with Crippen molar-refractivity contribution < 1.29 is 4.79 Å². The summed E-state index contributed by atoms with van der Waals surface area (Å²) in [6.45, 7) is 0.857. The summed E-state index contributed by atoms with van der Waals surface area (Å²) in [4.78, 5) is 14.7. The molecule has 0 bridgehead atoms. The summed E-state index contributed by atoms with van der Waals surface area (Å²) in [5.41, 5.74) is 6.82. The highest BCUT2D eigenvalue weighted by Crippen LogP contribution is 2.35. The van der Waals surface area contributed by atoms with E-state index in [1.165, 1.54) is 32.1 Å². The Bertz CT molecular complexity index is 490. The maximum absolute atomic E-state index is 12.7. The van der Waals surface area contributed by atoms with Crippen LogP contribution < -0.4 is 5.73 Å². The van der Waals surface area contributed by atoms with Crippen LogP contribution in [0.5, 0.6) is 0 Å². The van der Waals surface area contributed by atoms with E-state index >= 15 is 0 Å². The zero-order chi connectivity index (χ0) is 14.1. The summed E-state index contributed by atoms with van der Waals surface area (Å²) in [5, 5.41) is 4.23. The number of aryl methyl sites for hydroxylation is 1. The Morgan fingerprint density at radius 3 is 2.65 bits per heavy atom. The fraction of sp³-hybridized carbons (Fsp3) is 0.733. The summed E-state index contributed by atoms with van der Waals surface area (Å²) in [7, 11) is 1.80. The van der Waals surface area contributed by atoms with E-state index in [1.54, 1.807) is 17.9 Å². The lowest BCUT2D eigenvalue weighted by Gasteiger charge is -2.33. The first-order valence-electron chi connectivity index (χ1n) is 7.77. The van der Waals surface area contributed by atoms with Gasteiger partial charge >= 0.3 is 0 Å². The Labute approximate surface area is 120 Å². The van der Waals surface area contributed by atoms with Gasteiger partial charge < -0.3 is 10.6 Å². The summed E-state index contributed by atoms with van der Waals surface area (Å²) in [6.07, 6.45) is 10.5. The van der Waals surface area contributed by atoms with Gasteiger partial charge in [-0.15, -0.1) is 0 Å². The Balaban J connectivity index is 1.77. The molecule has 2 heterocycles. The maximum Gasteiger partial charge on any atom is 0.276 e. The zero-order valence-corrected chi connectivity index (χ0v) is 12.2. The molecule has 1 saturated carbocycles. The number of likely N-dealkylation sites (tertiary alicyclic amines) is 1. The van der Waals surface area contributed by atoms with Crippen LogP contribution >= 0.6 is 0 Å². The number of nitrogen functional groups attached to an aromatic ring is 1. The lowest BCUT2D eigenvalue weighted by molar-refractivity contribution is 0.0656. The van der Waals surface area contributed by atoms with Crippen molar-refractivity contribution in [2.45, 2.75) is 51.0 Å². The van der Waals surface area contributed by atoms with E-state index in [4.69, 9.17) is 5.73 Å². The molecule has 1 aromatic rings. The van der Waals surface area contributed by atoms with E-state index in [-0.39, 0.29) is 5.91 Å². The molecule has 5 nitrogen and oxygen atoms in total. The predicted octanol–water partition coefficient (Wildman–Crippen LogP) is 2.19. The quantitative estimate of drug-likeness (QED) is 0.900. The van der Waals surface area contributed by atoms with Crippen LogP contribution in [0.15, 0.2) is 6.20 Å². The molecule has 2 N–H and O–H groups in total. The molecule has 110 valence electrons. The predicted molar refractivity (Wildman–Crippen MR) is 78.3 cm³/mol. The molecule has 0 spiro atoms. The number of carbonyl (C=O) groups is 1. The van der Waals surface area contributed by atoms with E-state index < -0.39 is 0 Å². The average Bonchev–Trinajstić information content (AvgIpc) is 3.05. The van der Waals surface area contributed by atoms with Gasteiger partial charge in [0.2, 0.25) is 0 Å². The van der Waals surface area contributed by atoms with Crippen molar-refractivity contribution in [3.63, 3.8) is 0 Å². The number of carbonyl (C=O) groups excluding carboxylic acids is 1. The van der Waals surface area contributed by atoms with Crippen LogP contribution in [0, 0.1) is 5.92 Å². The van der Waals surface area contributed by atoms with Gasteiger partial charge in [0.1, 0.15) is 0 Å². The molecule has 1 saturated heterocycles. The molecule has 1 aliphatic carbocycles. The first-order valence-corrected chi connectivity index (χ1v) is 7.77. The standard InChI is InChI=1S/C15H24N4O/c1-18-10-12(16)14(17-18)15(20)19-9-5-8-13(19)11-6-3-2-4-7-11/h10-11,13H,2-9,16H2,1H3. The van der Waals surface area contributed by atoms with E-state index in [9.17, 15) is 4.79 Å². The van der Waals surface area contributed by atoms with Crippen LogP contribution in [-0.4, -0.2) is 33.2 Å². The van der Waals surface area contributed by atoms with Crippen LogP contribution in [0.4, 0.5) is 5.69 Å². The molecule has 1 amide bonds. The number of anilines is 1. The van der Waals surface area contributed by atoms with Crippen molar-refractivity contribution >= 4 is 11.6 Å². The minimum Gasteiger partial charge on any atom is -0.396 e. The van der Waals surface area contributed by atoms with Gasteiger partial charge in [-0.3, -0.25) is 9.48 Å². The van der Waals surface area contributed by atoms with E-state index in [1.807, 2.05) is 4.90 Å². The molecular weight excluding hydrogens is 252 g/mol. The van der Waals surface area contributed by atoms with Crippen molar-refractivity contribution in [3.05, 3.63) is 11.9 Å². The van der Waals surface area contributed by atoms with Crippen molar-refractivity contribution in [1.29, 1.82) is 0 Å². The number of hydrogen-bond acceptors (Lipinski definition) is 3. The topological polar surface area (TPSA) is 64.2 Å². The second-order valence-corrected chi connectivity index (χ2v) is 6.21. The van der Waals surface area contributed by atoms with Crippen molar-refractivity contribution in [2.24, 2.45) is 13.0 Å². The second-order valence-electron chi connectivity index (χ2n) is 6.21. The molecule has 3 rings (SSSR count). The molecule has 0 radical (unpaired) electrons. The Morgan fingerprint density at radius 2 is 2.00 bits per heavy atom. The highest BCUT2D eigenvalue weighted by Gasteiger charge is 2.36. The monoisotopic (exact) mass is 276 g/mol. The smallest absolute Gasteiger partial charge is 0.276 e. The number of aromatic nitrogens is 2. The summed E-state index contributed by atoms with van der Waals surface area (Å²) < 4.78 is 1.62.